The van der Waals surface area contributed by atoms with E-state index >= 15 is 0 Å². The molecule has 19 heavy (non-hydrogen) atoms. The highest BCUT2D eigenvalue weighted by Crippen LogP contribution is 2.21. The minimum absolute atomic E-state index is 0.00247. The first-order valence-corrected chi connectivity index (χ1v) is 6.05. The number of aliphatic carboxylic acids is 1. The summed E-state index contributed by atoms with van der Waals surface area (Å²) in [6.07, 6.45) is -0.00247. The van der Waals surface area contributed by atoms with Gasteiger partial charge >= 0.3 is 5.97 Å². The molecule has 1 unspecified atom stereocenters. The Balaban J connectivity index is 2.29. The van der Waals surface area contributed by atoms with Gasteiger partial charge in [-0.1, -0.05) is 0 Å². The van der Waals surface area contributed by atoms with Gasteiger partial charge in [0.1, 0.15) is 5.82 Å². The van der Waals surface area contributed by atoms with Crippen molar-refractivity contribution in [2.75, 3.05) is 24.7 Å². The molecule has 2 rings (SSSR count). The van der Waals surface area contributed by atoms with Crippen LogP contribution in [0.25, 0.3) is 0 Å². The molecular formula is C13H15N3O3. The maximum absolute atomic E-state index is 10.9. The van der Waals surface area contributed by atoms with Crippen LogP contribution in [0.1, 0.15) is 17.7 Å². The molecule has 100 valence electrons. The molecule has 0 spiro atoms. The molecule has 1 N–H and O–H groups in total. The summed E-state index contributed by atoms with van der Waals surface area (Å²) in [6.45, 7) is 3.30. The molecule has 1 fully saturated rings. The van der Waals surface area contributed by atoms with Crippen LogP contribution < -0.4 is 4.90 Å². The highest BCUT2D eigenvalue weighted by molar-refractivity contribution is 5.68. The van der Waals surface area contributed by atoms with E-state index in [4.69, 9.17) is 15.1 Å². The summed E-state index contributed by atoms with van der Waals surface area (Å²) < 4.78 is 5.32. The number of carbonyl (C=O) groups is 1. The molecule has 0 radical (unpaired) electrons. The Bertz CT molecular complexity index is 524. The van der Waals surface area contributed by atoms with E-state index in [1.807, 2.05) is 11.8 Å². The Kier molecular flexibility index (Phi) is 3.97. The molecule has 1 aliphatic heterocycles. The van der Waals surface area contributed by atoms with Gasteiger partial charge in [-0.25, -0.2) is 4.98 Å². The number of pyridine rings is 1. The van der Waals surface area contributed by atoms with Crippen LogP contribution in [0, 0.1) is 18.3 Å². The molecule has 1 aromatic rings. The number of aryl methyl sites for hydroxylation is 1. The van der Waals surface area contributed by atoms with Gasteiger partial charge in [-0.2, -0.15) is 5.26 Å². The zero-order chi connectivity index (χ0) is 13.8. The number of carboxylic acids is 1. The average Bonchev–Trinajstić information content (AvgIpc) is 2.38. The van der Waals surface area contributed by atoms with Crippen LogP contribution in [0.15, 0.2) is 12.1 Å². The van der Waals surface area contributed by atoms with E-state index in [2.05, 4.69) is 11.1 Å². The quantitative estimate of drug-likeness (QED) is 0.871. The molecule has 0 bridgehead atoms. The maximum atomic E-state index is 10.9. The third-order valence-electron chi connectivity index (χ3n) is 3.00. The van der Waals surface area contributed by atoms with Crippen molar-refractivity contribution in [3.63, 3.8) is 0 Å². The van der Waals surface area contributed by atoms with Gasteiger partial charge in [-0.05, 0) is 19.1 Å². The van der Waals surface area contributed by atoms with Gasteiger partial charge < -0.3 is 14.7 Å². The number of ether oxygens (including phenoxy) is 1. The first kappa shape index (κ1) is 13.3. The molecule has 0 aliphatic carbocycles. The standard InChI is InChI=1S/C13H15N3O3/c1-9-4-10(7-14)5-12(15-9)16-2-3-19-8-11(16)6-13(17)18/h4-5,11H,2-3,6,8H2,1H3,(H,17,18). The molecule has 0 saturated carbocycles. The van der Waals surface area contributed by atoms with Gasteiger partial charge in [-0.3, -0.25) is 4.79 Å². The molecule has 6 nitrogen and oxygen atoms in total. The normalized spacial score (nSPS) is 18.9. The van der Waals surface area contributed by atoms with Crippen molar-refractivity contribution < 1.29 is 14.6 Å². The van der Waals surface area contributed by atoms with Gasteiger partial charge in [0, 0.05) is 12.2 Å². The van der Waals surface area contributed by atoms with Crippen molar-refractivity contribution in [1.82, 2.24) is 4.98 Å². The van der Waals surface area contributed by atoms with Gasteiger partial charge in [0.15, 0.2) is 0 Å². The molecule has 1 saturated heterocycles. The van der Waals surface area contributed by atoms with Gasteiger partial charge in [-0.15, -0.1) is 0 Å². The van der Waals surface area contributed by atoms with Crippen molar-refractivity contribution in [1.29, 1.82) is 5.26 Å². The lowest BCUT2D eigenvalue weighted by atomic mass is 10.1. The molecule has 1 aliphatic rings. The van der Waals surface area contributed by atoms with Gasteiger partial charge in [0.25, 0.3) is 0 Å². The molecule has 6 heteroatoms. The molecule has 1 aromatic heterocycles. The van der Waals surface area contributed by atoms with Crippen LogP contribution >= 0.6 is 0 Å². The molecule has 0 aromatic carbocycles. The number of hydrogen-bond donors (Lipinski definition) is 1. The summed E-state index contributed by atoms with van der Waals surface area (Å²) in [6, 6.07) is 5.24. The van der Waals surface area contributed by atoms with Crippen molar-refractivity contribution in [3.8, 4) is 6.07 Å². The largest absolute Gasteiger partial charge is 0.481 e. The third kappa shape index (κ3) is 3.20. The van der Waals surface area contributed by atoms with E-state index in [1.165, 1.54) is 0 Å². The van der Waals surface area contributed by atoms with Crippen molar-refractivity contribution >= 4 is 11.8 Å². The Labute approximate surface area is 111 Å². The summed E-state index contributed by atoms with van der Waals surface area (Å²) in [4.78, 5) is 17.2. The Hall–Kier alpha value is -2.13. The van der Waals surface area contributed by atoms with Crippen LogP contribution in [0.2, 0.25) is 0 Å². The summed E-state index contributed by atoms with van der Waals surface area (Å²) in [7, 11) is 0. The fraction of sp³-hybridized carbons (Fsp3) is 0.462. The van der Waals surface area contributed by atoms with Gasteiger partial charge in [0.2, 0.25) is 0 Å². The fourth-order valence-electron chi connectivity index (χ4n) is 2.19. The predicted molar refractivity (Wildman–Crippen MR) is 67.9 cm³/mol. The van der Waals surface area contributed by atoms with E-state index in [9.17, 15) is 4.79 Å². The predicted octanol–water partition coefficient (Wildman–Crippen LogP) is 0.942. The molecule has 1 atom stereocenters. The monoisotopic (exact) mass is 261 g/mol. The molecular weight excluding hydrogens is 246 g/mol. The van der Waals surface area contributed by atoms with Crippen molar-refractivity contribution in [2.45, 2.75) is 19.4 Å². The second kappa shape index (κ2) is 5.67. The minimum Gasteiger partial charge on any atom is -0.481 e. The lowest BCUT2D eigenvalue weighted by molar-refractivity contribution is -0.138. The number of morpholine rings is 1. The van der Waals surface area contributed by atoms with Gasteiger partial charge in [0.05, 0.1) is 37.3 Å². The Morgan fingerprint density at radius 3 is 3.16 bits per heavy atom. The minimum atomic E-state index is -0.867. The first-order valence-electron chi connectivity index (χ1n) is 6.05. The van der Waals surface area contributed by atoms with E-state index < -0.39 is 5.97 Å². The van der Waals surface area contributed by atoms with E-state index in [1.54, 1.807) is 12.1 Å². The highest BCUT2D eigenvalue weighted by Gasteiger charge is 2.26. The van der Waals surface area contributed by atoms with Crippen LogP contribution in [0.5, 0.6) is 0 Å². The second-order valence-electron chi connectivity index (χ2n) is 4.49. The number of nitrogens with zero attached hydrogens (tertiary/aromatic N) is 3. The van der Waals surface area contributed by atoms with E-state index in [0.717, 1.165) is 5.69 Å². The van der Waals surface area contributed by atoms with E-state index in [0.29, 0.717) is 31.1 Å². The smallest absolute Gasteiger partial charge is 0.305 e. The zero-order valence-corrected chi connectivity index (χ0v) is 10.7. The summed E-state index contributed by atoms with van der Waals surface area (Å²) in [5.74, 6) is -0.222. The topological polar surface area (TPSA) is 86.5 Å². The lowest BCUT2D eigenvalue weighted by Gasteiger charge is -2.35. The third-order valence-corrected chi connectivity index (χ3v) is 3.00. The second-order valence-corrected chi connectivity index (χ2v) is 4.49. The fourth-order valence-corrected chi connectivity index (χ4v) is 2.19. The Morgan fingerprint density at radius 1 is 1.68 bits per heavy atom. The number of hydrogen-bond acceptors (Lipinski definition) is 5. The van der Waals surface area contributed by atoms with Crippen molar-refractivity contribution in [3.05, 3.63) is 23.4 Å². The van der Waals surface area contributed by atoms with Crippen LogP contribution in [0.4, 0.5) is 5.82 Å². The Morgan fingerprint density at radius 2 is 2.47 bits per heavy atom. The average molecular weight is 261 g/mol. The number of anilines is 1. The van der Waals surface area contributed by atoms with Crippen LogP contribution in [0.3, 0.4) is 0 Å². The first-order chi connectivity index (χ1) is 9.10. The number of aromatic nitrogens is 1. The zero-order valence-electron chi connectivity index (χ0n) is 10.7. The maximum Gasteiger partial charge on any atom is 0.305 e. The molecule has 0 amide bonds. The number of carboxylic acid groups (broad SMARTS) is 1. The SMILES string of the molecule is Cc1cc(C#N)cc(N2CCOCC2CC(=O)O)n1. The molecule has 2 heterocycles. The summed E-state index contributed by atoms with van der Waals surface area (Å²) in [5, 5.41) is 17.9. The summed E-state index contributed by atoms with van der Waals surface area (Å²) in [5.41, 5.74) is 1.28. The summed E-state index contributed by atoms with van der Waals surface area (Å²) >= 11 is 0. The number of nitriles is 1. The lowest BCUT2D eigenvalue weighted by Crippen LogP contribution is -2.47. The van der Waals surface area contributed by atoms with Crippen molar-refractivity contribution in [2.24, 2.45) is 0 Å². The number of rotatable bonds is 3. The van der Waals surface area contributed by atoms with Crippen LogP contribution in [-0.2, 0) is 9.53 Å². The highest BCUT2D eigenvalue weighted by atomic mass is 16.5. The van der Waals surface area contributed by atoms with E-state index in [-0.39, 0.29) is 12.5 Å². The van der Waals surface area contributed by atoms with Crippen LogP contribution in [-0.4, -0.2) is 41.9 Å².